The number of benzene rings is 2. The second-order valence-corrected chi connectivity index (χ2v) is 7.96. The Balaban J connectivity index is 1.33. The van der Waals surface area contributed by atoms with Crippen LogP contribution in [0.2, 0.25) is 0 Å². The van der Waals surface area contributed by atoms with Gasteiger partial charge >= 0.3 is 0 Å². The standard InChI is InChI=1S/C25H28N2O4/c1-17-6-8-20(9-7-17)25-18(2)24(27-31-25)19-10-12-21(13-11-19)30-16-23(28)26-15-22-5-3-4-14-29-22/h6-13,22H,3-5,14-16H2,1-2H3,(H,26,28). The largest absolute Gasteiger partial charge is 0.484 e. The Morgan fingerprint density at radius 1 is 1.06 bits per heavy atom. The number of aromatic nitrogens is 1. The number of hydrogen-bond donors (Lipinski definition) is 1. The third kappa shape index (κ3) is 5.33. The summed E-state index contributed by atoms with van der Waals surface area (Å²) in [5.74, 6) is 1.26. The zero-order valence-corrected chi connectivity index (χ0v) is 18.0. The third-order valence-electron chi connectivity index (χ3n) is 5.54. The minimum absolute atomic E-state index is 0.0212. The molecule has 1 atom stereocenters. The fourth-order valence-electron chi connectivity index (χ4n) is 3.68. The van der Waals surface area contributed by atoms with Crippen LogP contribution in [-0.2, 0) is 9.53 Å². The van der Waals surface area contributed by atoms with Gasteiger partial charge in [-0.25, -0.2) is 0 Å². The lowest BCUT2D eigenvalue weighted by atomic mass is 10.0. The molecule has 3 aromatic rings. The first-order valence-corrected chi connectivity index (χ1v) is 10.7. The van der Waals surface area contributed by atoms with Crippen LogP contribution < -0.4 is 10.1 Å². The Bertz CT molecular complexity index is 1000. The van der Waals surface area contributed by atoms with Crippen LogP contribution in [0.4, 0.5) is 0 Å². The molecule has 0 aliphatic carbocycles. The average molecular weight is 421 g/mol. The molecule has 2 heterocycles. The molecule has 1 amide bonds. The first-order valence-electron chi connectivity index (χ1n) is 10.7. The summed E-state index contributed by atoms with van der Waals surface area (Å²) in [7, 11) is 0. The molecule has 1 saturated heterocycles. The SMILES string of the molecule is Cc1ccc(-c2onc(-c3ccc(OCC(=O)NCC4CCCCO4)cc3)c2C)cc1. The van der Waals surface area contributed by atoms with E-state index in [0.29, 0.717) is 12.3 Å². The molecule has 0 spiro atoms. The van der Waals surface area contributed by atoms with E-state index in [9.17, 15) is 4.79 Å². The van der Waals surface area contributed by atoms with Gasteiger partial charge in [-0.05, 0) is 57.4 Å². The minimum Gasteiger partial charge on any atom is -0.484 e. The van der Waals surface area contributed by atoms with Gasteiger partial charge in [0.2, 0.25) is 0 Å². The number of rotatable bonds is 7. The van der Waals surface area contributed by atoms with Crippen LogP contribution in [0, 0.1) is 13.8 Å². The second-order valence-electron chi connectivity index (χ2n) is 7.96. The molecule has 0 saturated carbocycles. The first-order chi connectivity index (χ1) is 15.1. The van der Waals surface area contributed by atoms with Crippen LogP contribution in [0.5, 0.6) is 5.75 Å². The number of aryl methyl sites for hydroxylation is 1. The van der Waals surface area contributed by atoms with Gasteiger partial charge < -0.3 is 19.3 Å². The number of ether oxygens (including phenoxy) is 2. The van der Waals surface area contributed by atoms with Crippen LogP contribution in [0.1, 0.15) is 30.4 Å². The van der Waals surface area contributed by atoms with Gasteiger partial charge in [-0.2, -0.15) is 0 Å². The maximum absolute atomic E-state index is 12.0. The Hall–Kier alpha value is -3.12. The highest BCUT2D eigenvalue weighted by Crippen LogP contribution is 2.32. The van der Waals surface area contributed by atoms with Crippen molar-refractivity contribution in [2.24, 2.45) is 0 Å². The van der Waals surface area contributed by atoms with Gasteiger partial charge in [-0.1, -0.05) is 35.0 Å². The van der Waals surface area contributed by atoms with Gasteiger partial charge in [-0.3, -0.25) is 4.79 Å². The molecule has 0 bridgehead atoms. The van der Waals surface area contributed by atoms with E-state index in [1.54, 1.807) is 0 Å². The zero-order valence-electron chi connectivity index (χ0n) is 18.0. The summed E-state index contributed by atoms with van der Waals surface area (Å²) in [6.45, 7) is 5.36. The summed E-state index contributed by atoms with van der Waals surface area (Å²) in [6, 6.07) is 15.7. The number of nitrogens with zero attached hydrogens (tertiary/aromatic N) is 1. The molecule has 1 fully saturated rings. The van der Waals surface area contributed by atoms with E-state index in [0.717, 1.165) is 54.0 Å². The summed E-state index contributed by atoms with van der Waals surface area (Å²) in [4.78, 5) is 12.0. The van der Waals surface area contributed by atoms with E-state index < -0.39 is 0 Å². The molecule has 31 heavy (non-hydrogen) atoms. The second kappa shape index (κ2) is 9.79. The fourth-order valence-corrected chi connectivity index (χ4v) is 3.68. The lowest BCUT2D eigenvalue weighted by molar-refractivity contribution is -0.124. The summed E-state index contributed by atoms with van der Waals surface area (Å²) in [5, 5.41) is 7.14. The highest BCUT2D eigenvalue weighted by atomic mass is 16.5. The molecule has 6 nitrogen and oxygen atoms in total. The summed E-state index contributed by atoms with van der Waals surface area (Å²) < 4.78 is 16.9. The average Bonchev–Trinajstić information content (AvgIpc) is 3.19. The van der Waals surface area contributed by atoms with E-state index in [2.05, 4.69) is 29.5 Å². The Labute approximate surface area is 182 Å². The van der Waals surface area contributed by atoms with Crippen molar-refractivity contribution in [3.05, 3.63) is 59.7 Å². The summed E-state index contributed by atoms with van der Waals surface area (Å²) in [5.41, 5.74) is 4.93. The highest BCUT2D eigenvalue weighted by Gasteiger charge is 2.16. The van der Waals surface area contributed by atoms with Crippen LogP contribution >= 0.6 is 0 Å². The van der Waals surface area contributed by atoms with Gasteiger partial charge in [-0.15, -0.1) is 0 Å². The predicted molar refractivity (Wildman–Crippen MR) is 119 cm³/mol. The first kappa shape index (κ1) is 21.1. The topological polar surface area (TPSA) is 73.6 Å². The molecule has 6 heteroatoms. The van der Waals surface area contributed by atoms with Gasteiger partial charge in [0.05, 0.1) is 6.10 Å². The molecule has 1 aromatic heterocycles. The number of carbonyl (C=O) groups excluding carboxylic acids is 1. The number of hydrogen-bond acceptors (Lipinski definition) is 5. The van der Waals surface area contributed by atoms with Crippen LogP contribution in [0.25, 0.3) is 22.6 Å². The normalized spacial score (nSPS) is 16.1. The molecule has 1 unspecified atom stereocenters. The van der Waals surface area contributed by atoms with Gasteiger partial charge in [0.15, 0.2) is 12.4 Å². The number of amides is 1. The van der Waals surface area contributed by atoms with E-state index in [1.807, 2.05) is 43.3 Å². The molecule has 1 N–H and O–H groups in total. The maximum Gasteiger partial charge on any atom is 0.258 e. The minimum atomic E-state index is -0.145. The molecular weight excluding hydrogens is 392 g/mol. The van der Waals surface area contributed by atoms with Crippen molar-refractivity contribution in [3.63, 3.8) is 0 Å². The Kier molecular flexibility index (Phi) is 6.67. The number of carbonyl (C=O) groups is 1. The summed E-state index contributed by atoms with van der Waals surface area (Å²) >= 11 is 0. The van der Waals surface area contributed by atoms with Crippen LogP contribution in [0.3, 0.4) is 0 Å². The monoisotopic (exact) mass is 420 g/mol. The predicted octanol–water partition coefficient (Wildman–Crippen LogP) is 4.69. The maximum atomic E-state index is 12.0. The van der Waals surface area contributed by atoms with E-state index in [-0.39, 0.29) is 18.6 Å². The van der Waals surface area contributed by atoms with Crippen molar-refractivity contribution in [1.29, 1.82) is 0 Å². The molecule has 1 aliphatic heterocycles. The van der Waals surface area contributed by atoms with Crippen molar-refractivity contribution in [2.45, 2.75) is 39.2 Å². The van der Waals surface area contributed by atoms with Gasteiger partial charge in [0.1, 0.15) is 11.4 Å². The zero-order chi connectivity index (χ0) is 21.6. The Morgan fingerprint density at radius 2 is 1.81 bits per heavy atom. The van der Waals surface area contributed by atoms with Crippen LogP contribution in [-0.4, -0.2) is 36.9 Å². The smallest absolute Gasteiger partial charge is 0.258 e. The van der Waals surface area contributed by atoms with Gasteiger partial charge in [0.25, 0.3) is 5.91 Å². The van der Waals surface area contributed by atoms with Gasteiger partial charge in [0, 0.05) is 29.8 Å². The van der Waals surface area contributed by atoms with Crippen molar-refractivity contribution < 1.29 is 18.8 Å². The summed E-state index contributed by atoms with van der Waals surface area (Å²) in [6.07, 6.45) is 3.37. The number of nitrogens with one attached hydrogen (secondary N) is 1. The molecule has 0 radical (unpaired) electrons. The molecule has 1 aliphatic rings. The van der Waals surface area contributed by atoms with Crippen molar-refractivity contribution in [3.8, 4) is 28.3 Å². The van der Waals surface area contributed by atoms with E-state index in [1.165, 1.54) is 5.56 Å². The Morgan fingerprint density at radius 3 is 2.52 bits per heavy atom. The van der Waals surface area contributed by atoms with Crippen molar-refractivity contribution >= 4 is 5.91 Å². The molecule has 2 aromatic carbocycles. The van der Waals surface area contributed by atoms with Crippen molar-refractivity contribution in [1.82, 2.24) is 10.5 Å². The van der Waals surface area contributed by atoms with Crippen molar-refractivity contribution in [2.75, 3.05) is 19.8 Å². The molecule has 4 rings (SSSR count). The third-order valence-corrected chi connectivity index (χ3v) is 5.54. The highest BCUT2D eigenvalue weighted by molar-refractivity contribution is 5.77. The van der Waals surface area contributed by atoms with Crippen LogP contribution in [0.15, 0.2) is 53.1 Å². The lowest BCUT2D eigenvalue weighted by Gasteiger charge is -2.22. The molecule has 162 valence electrons. The van der Waals surface area contributed by atoms with E-state index in [4.69, 9.17) is 14.0 Å². The fraction of sp³-hybridized carbons (Fsp3) is 0.360. The molecular formula is C25H28N2O4. The lowest BCUT2D eigenvalue weighted by Crippen LogP contribution is -2.37. The quantitative estimate of drug-likeness (QED) is 0.600. The van der Waals surface area contributed by atoms with E-state index >= 15 is 0 Å².